The highest BCUT2D eigenvalue weighted by molar-refractivity contribution is 7.89. The summed E-state index contributed by atoms with van der Waals surface area (Å²) in [6, 6.07) is 11.9. The van der Waals surface area contributed by atoms with Gasteiger partial charge in [-0.05, 0) is 55.0 Å². The summed E-state index contributed by atoms with van der Waals surface area (Å²) in [5.41, 5.74) is 3.31. The molecule has 28 heavy (non-hydrogen) atoms. The summed E-state index contributed by atoms with van der Waals surface area (Å²) in [6.45, 7) is 1.15. The molecule has 0 atom stereocenters. The molecule has 8 nitrogen and oxygen atoms in total. The molecule has 152 valence electrons. The summed E-state index contributed by atoms with van der Waals surface area (Å²) in [6.07, 6.45) is 0. The van der Waals surface area contributed by atoms with Crippen molar-refractivity contribution in [2.45, 2.75) is 11.8 Å². The molecule has 0 heterocycles. The number of anilines is 1. The summed E-state index contributed by atoms with van der Waals surface area (Å²) in [7, 11) is 0.140. The number of azo groups is 1. The summed E-state index contributed by atoms with van der Waals surface area (Å²) in [5, 5.41) is 26.5. The quantitative estimate of drug-likeness (QED) is 0.622. The molecule has 0 fully saturated rings. The molecular weight excluding hydrogens is 380 g/mol. The third-order valence-electron chi connectivity index (χ3n) is 4.14. The van der Waals surface area contributed by atoms with Crippen LogP contribution in [0.25, 0.3) is 0 Å². The Balaban J connectivity index is 2.19. The van der Waals surface area contributed by atoms with Crippen molar-refractivity contribution in [3.05, 3.63) is 48.0 Å². The van der Waals surface area contributed by atoms with Crippen molar-refractivity contribution in [2.75, 3.05) is 45.3 Å². The Labute approximate surface area is 165 Å². The van der Waals surface area contributed by atoms with Crippen LogP contribution in [-0.2, 0) is 10.0 Å². The van der Waals surface area contributed by atoms with Gasteiger partial charge in [0.05, 0.1) is 29.5 Å². The summed E-state index contributed by atoms with van der Waals surface area (Å²) in [5.74, 6) is 0. The maximum atomic E-state index is 12.6. The topological polar surface area (TPSA) is 106 Å². The number of hydrogen-bond donors (Lipinski definition) is 2. The monoisotopic (exact) mass is 406 g/mol. The number of sulfonamides is 1. The number of aryl methyl sites for hydroxylation is 1. The maximum Gasteiger partial charge on any atom is 0.243 e. The minimum atomic E-state index is -3.79. The van der Waals surface area contributed by atoms with Crippen molar-refractivity contribution in [3.8, 4) is 0 Å². The predicted molar refractivity (Wildman–Crippen MR) is 109 cm³/mol. The molecule has 0 aliphatic carbocycles. The predicted octanol–water partition coefficient (Wildman–Crippen LogP) is 2.45. The maximum absolute atomic E-state index is 12.6. The van der Waals surface area contributed by atoms with Crippen LogP contribution >= 0.6 is 0 Å². The normalized spacial score (nSPS) is 12.1. The molecular formula is C19H26N4O4S. The van der Waals surface area contributed by atoms with Crippen molar-refractivity contribution in [3.63, 3.8) is 0 Å². The minimum absolute atomic E-state index is 0.0693. The lowest BCUT2D eigenvalue weighted by Gasteiger charge is -2.20. The van der Waals surface area contributed by atoms with E-state index in [0.29, 0.717) is 5.69 Å². The Hall–Kier alpha value is -2.33. The third kappa shape index (κ3) is 5.35. The lowest BCUT2D eigenvalue weighted by molar-refractivity contribution is 0.217. The molecule has 2 N–H and O–H groups in total. The van der Waals surface area contributed by atoms with Gasteiger partial charge in [-0.1, -0.05) is 0 Å². The van der Waals surface area contributed by atoms with Crippen LogP contribution in [-0.4, -0.2) is 63.3 Å². The molecule has 0 spiro atoms. The van der Waals surface area contributed by atoms with Crippen molar-refractivity contribution < 1.29 is 18.6 Å². The molecule has 2 aromatic carbocycles. The van der Waals surface area contributed by atoms with E-state index < -0.39 is 10.0 Å². The van der Waals surface area contributed by atoms with Gasteiger partial charge < -0.3 is 15.1 Å². The minimum Gasteiger partial charge on any atom is -0.395 e. The molecule has 0 aliphatic rings. The SMILES string of the molecule is Cc1cc(N(C)C)ccc1/N=N/c1ccc(S(=O)(=O)N(CCO)CCO)cc1. The van der Waals surface area contributed by atoms with E-state index in [-0.39, 0.29) is 31.2 Å². The van der Waals surface area contributed by atoms with Crippen LogP contribution in [0.2, 0.25) is 0 Å². The average Bonchev–Trinajstić information content (AvgIpc) is 2.67. The van der Waals surface area contributed by atoms with Crippen LogP contribution < -0.4 is 4.90 Å². The van der Waals surface area contributed by atoms with Crippen LogP contribution in [0.15, 0.2) is 57.6 Å². The number of rotatable bonds is 9. The zero-order valence-electron chi connectivity index (χ0n) is 16.3. The molecule has 0 aromatic heterocycles. The van der Waals surface area contributed by atoms with Gasteiger partial charge in [-0.2, -0.15) is 14.5 Å². The van der Waals surface area contributed by atoms with Crippen molar-refractivity contribution in [2.24, 2.45) is 10.2 Å². The molecule has 0 saturated heterocycles. The zero-order valence-corrected chi connectivity index (χ0v) is 17.1. The molecule has 0 bridgehead atoms. The number of hydrogen-bond acceptors (Lipinski definition) is 7. The molecule has 2 rings (SSSR count). The standard InChI is InChI=1S/C19H26N4O4S/c1-15-14-17(22(2)3)6-9-19(15)21-20-16-4-7-18(8-5-16)28(26,27)23(10-12-24)11-13-25/h4-9,14,24-25H,10-13H2,1-3H3/b21-20+. The van der Waals surface area contributed by atoms with E-state index in [1.54, 1.807) is 12.1 Å². The number of aliphatic hydroxyl groups is 2. The largest absolute Gasteiger partial charge is 0.395 e. The Morgan fingerprint density at radius 2 is 1.54 bits per heavy atom. The van der Waals surface area contributed by atoms with E-state index in [2.05, 4.69) is 10.2 Å². The average molecular weight is 407 g/mol. The van der Waals surface area contributed by atoms with E-state index in [4.69, 9.17) is 10.2 Å². The van der Waals surface area contributed by atoms with Gasteiger partial charge in [0.1, 0.15) is 0 Å². The first-order chi connectivity index (χ1) is 13.3. The van der Waals surface area contributed by atoms with Gasteiger partial charge in [0.25, 0.3) is 0 Å². The van der Waals surface area contributed by atoms with Crippen molar-refractivity contribution >= 4 is 27.1 Å². The molecule has 0 amide bonds. The fourth-order valence-corrected chi connectivity index (χ4v) is 3.97. The van der Waals surface area contributed by atoms with E-state index in [0.717, 1.165) is 21.2 Å². The van der Waals surface area contributed by atoms with E-state index >= 15 is 0 Å². The van der Waals surface area contributed by atoms with E-state index in [1.807, 2.05) is 44.1 Å². The molecule has 0 saturated carbocycles. The van der Waals surface area contributed by atoms with E-state index in [1.165, 1.54) is 12.1 Å². The van der Waals surface area contributed by atoms with Crippen LogP contribution in [0.1, 0.15) is 5.56 Å². The van der Waals surface area contributed by atoms with Crippen LogP contribution in [0.4, 0.5) is 17.1 Å². The Morgan fingerprint density at radius 1 is 0.929 bits per heavy atom. The summed E-state index contributed by atoms with van der Waals surface area (Å²) < 4.78 is 26.2. The van der Waals surface area contributed by atoms with Gasteiger partial charge in [-0.15, -0.1) is 0 Å². The van der Waals surface area contributed by atoms with Gasteiger partial charge in [0.15, 0.2) is 0 Å². The third-order valence-corrected chi connectivity index (χ3v) is 6.06. The first kappa shape index (κ1) is 22.0. The van der Waals surface area contributed by atoms with Crippen molar-refractivity contribution in [1.29, 1.82) is 0 Å². The lowest BCUT2D eigenvalue weighted by Crippen LogP contribution is -2.35. The van der Waals surface area contributed by atoms with Crippen LogP contribution in [0.5, 0.6) is 0 Å². The fraction of sp³-hybridized carbons (Fsp3) is 0.368. The molecule has 9 heteroatoms. The van der Waals surface area contributed by atoms with Gasteiger partial charge in [-0.25, -0.2) is 8.42 Å². The zero-order chi connectivity index (χ0) is 20.7. The Kier molecular flexibility index (Phi) is 7.64. The number of nitrogens with zero attached hydrogens (tertiary/aromatic N) is 4. The van der Waals surface area contributed by atoms with Gasteiger partial charge in [-0.3, -0.25) is 0 Å². The van der Waals surface area contributed by atoms with Gasteiger partial charge >= 0.3 is 0 Å². The number of benzene rings is 2. The summed E-state index contributed by atoms with van der Waals surface area (Å²) in [4.78, 5) is 2.07. The molecule has 0 unspecified atom stereocenters. The van der Waals surface area contributed by atoms with Crippen LogP contribution in [0.3, 0.4) is 0 Å². The lowest BCUT2D eigenvalue weighted by atomic mass is 10.2. The van der Waals surface area contributed by atoms with Gasteiger partial charge in [0, 0.05) is 32.9 Å². The Morgan fingerprint density at radius 3 is 2.04 bits per heavy atom. The fourth-order valence-electron chi connectivity index (χ4n) is 2.55. The summed E-state index contributed by atoms with van der Waals surface area (Å²) >= 11 is 0. The Bertz CT molecular complexity index is 906. The molecule has 0 radical (unpaired) electrons. The van der Waals surface area contributed by atoms with Gasteiger partial charge in [0.2, 0.25) is 10.0 Å². The highest BCUT2D eigenvalue weighted by atomic mass is 32.2. The second-order valence-corrected chi connectivity index (χ2v) is 8.35. The van der Waals surface area contributed by atoms with E-state index in [9.17, 15) is 8.42 Å². The molecule has 0 aliphatic heterocycles. The second kappa shape index (κ2) is 9.74. The van der Waals surface area contributed by atoms with Crippen molar-refractivity contribution in [1.82, 2.24) is 4.31 Å². The highest BCUT2D eigenvalue weighted by Gasteiger charge is 2.23. The molecule has 2 aromatic rings. The first-order valence-corrected chi connectivity index (χ1v) is 10.2. The number of aliphatic hydroxyl groups excluding tert-OH is 2. The highest BCUT2D eigenvalue weighted by Crippen LogP contribution is 2.26. The second-order valence-electron chi connectivity index (χ2n) is 6.41. The first-order valence-electron chi connectivity index (χ1n) is 8.81. The smallest absolute Gasteiger partial charge is 0.243 e. The van der Waals surface area contributed by atoms with Crippen LogP contribution in [0, 0.1) is 6.92 Å².